The average Bonchev–Trinajstić information content (AvgIpc) is 2.08. The summed E-state index contributed by atoms with van der Waals surface area (Å²) < 4.78 is 0.648. The number of halogens is 1. The van der Waals surface area contributed by atoms with Crippen molar-refractivity contribution in [3.63, 3.8) is 0 Å². The minimum absolute atomic E-state index is 0.179. The van der Waals surface area contributed by atoms with Gasteiger partial charge in [0.05, 0.1) is 4.20 Å². The Morgan fingerprint density at radius 1 is 1.58 bits per heavy atom. The molecule has 0 aliphatic carbocycles. The van der Waals surface area contributed by atoms with Crippen LogP contribution in [-0.2, 0) is 0 Å². The van der Waals surface area contributed by atoms with Crippen molar-refractivity contribution in [3.8, 4) is 5.75 Å². The summed E-state index contributed by atoms with van der Waals surface area (Å²) in [4.78, 5) is 0. The van der Waals surface area contributed by atoms with E-state index in [1.54, 1.807) is 18.2 Å². The van der Waals surface area contributed by atoms with Crippen LogP contribution in [0.25, 0.3) is 0 Å². The molecule has 4 heteroatoms. The maximum absolute atomic E-state index is 9.38. The van der Waals surface area contributed by atoms with Gasteiger partial charge in [-0.2, -0.15) is 0 Å². The summed E-state index contributed by atoms with van der Waals surface area (Å²) in [6.07, 6.45) is 1.86. The summed E-state index contributed by atoms with van der Waals surface area (Å²) in [6, 6.07) is 4.83. The Kier molecular flexibility index (Phi) is 3.38. The van der Waals surface area contributed by atoms with Crippen LogP contribution in [0.4, 0.5) is 0 Å². The van der Waals surface area contributed by atoms with Gasteiger partial charge in [0, 0.05) is 10.6 Å². The molecule has 0 radical (unpaired) electrons. The van der Waals surface area contributed by atoms with Gasteiger partial charge in [0.25, 0.3) is 0 Å². The van der Waals surface area contributed by atoms with E-state index in [0.717, 1.165) is 0 Å². The summed E-state index contributed by atoms with van der Waals surface area (Å²) in [5.74, 6) is 0.179. The Morgan fingerprint density at radius 3 is 2.83 bits per heavy atom. The molecule has 0 saturated heterocycles. The van der Waals surface area contributed by atoms with Crippen LogP contribution in [0, 0.1) is 0 Å². The zero-order chi connectivity index (χ0) is 9.14. The lowest BCUT2D eigenvalue weighted by Crippen LogP contribution is -1.90. The summed E-state index contributed by atoms with van der Waals surface area (Å²) in [6.45, 7) is 0. The molecular formula is C8H7ClOS2. The molecule has 1 nitrogen and oxygen atoms in total. The first-order chi connectivity index (χ1) is 5.65. The fraction of sp³-hybridized carbons (Fsp3) is 0.125. The molecule has 0 spiro atoms. The van der Waals surface area contributed by atoms with Gasteiger partial charge in [-0.1, -0.05) is 23.8 Å². The van der Waals surface area contributed by atoms with Gasteiger partial charge >= 0.3 is 0 Å². The van der Waals surface area contributed by atoms with Gasteiger partial charge in [0.15, 0.2) is 0 Å². The molecule has 12 heavy (non-hydrogen) atoms. The molecule has 1 aromatic carbocycles. The maximum Gasteiger partial charge on any atom is 0.124 e. The van der Waals surface area contributed by atoms with Crippen LogP contribution in [0.5, 0.6) is 5.75 Å². The normalized spacial score (nSPS) is 9.83. The average molecular weight is 219 g/mol. The van der Waals surface area contributed by atoms with Crippen molar-refractivity contribution in [1.29, 1.82) is 0 Å². The van der Waals surface area contributed by atoms with Crippen LogP contribution in [-0.4, -0.2) is 15.6 Å². The Hall–Kier alpha value is -0.250. The second kappa shape index (κ2) is 4.12. The molecule has 0 bridgehead atoms. The minimum Gasteiger partial charge on any atom is -0.507 e. The first-order valence-corrected chi connectivity index (χ1v) is 5.23. The largest absolute Gasteiger partial charge is 0.507 e. The number of thiocarbonyl (C=S) groups is 1. The molecule has 0 atom stereocenters. The van der Waals surface area contributed by atoms with Crippen LogP contribution in [0.3, 0.4) is 0 Å². The lowest BCUT2D eigenvalue weighted by molar-refractivity contribution is 0.474. The molecule has 1 rings (SSSR count). The predicted molar refractivity (Wildman–Crippen MR) is 58.3 cm³/mol. The van der Waals surface area contributed by atoms with Gasteiger partial charge in [-0.15, -0.1) is 11.8 Å². The third-order valence-electron chi connectivity index (χ3n) is 1.36. The number of rotatable bonds is 1. The Labute approximate surface area is 85.7 Å². The second-order valence-corrected chi connectivity index (χ2v) is 4.07. The number of thioether (sulfide) groups is 1. The highest BCUT2D eigenvalue weighted by atomic mass is 35.5. The van der Waals surface area contributed by atoms with Crippen LogP contribution >= 0.6 is 35.6 Å². The smallest absolute Gasteiger partial charge is 0.124 e. The van der Waals surface area contributed by atoms with E-state index in [-0.39, 0.29) is 5.75 Å². The number of aromatic hydroxyl groups is 1. The maximum atomic E-state index is 9.38. The zero-order valence-electron chi connectivity index (χ0n) is 6.37. The van der Waals surface area contributed by atoms with Crippen molar-refractivity contribution >= 4 is 39.8 Å². The fourth-order valence-electron chi connectivity index (χ4n) is 0.782. The highest BCUT2D eigenvalue weighted by molar-refractivity contribution is 8.23. The van der Waals surface area contributed by atoms with E-state index < -0.39 is 0 Å². The Balaban J connectivity index is 3.13. The van der Waals surface area contributed by atoms with Gasteiger partial charge in [0.2, 0.25) is 0 Å². The molecule has 1 aromatic rings. The number of benzene rings is 1. The summed E-state index contributed by atoms with van der Waals surface area (Å²) in [5.41, 5.74) is 0.630. The van der Waals surface area contributed by atoms with Crippen molar-refractivity contribution in [2.75, 3.05) is 6.26 Å². The Bertz CT molecular complexity index is 312. The fourth-order valence-corrected chi connectivity index (χ4v) is 1.50. The Morgan fingerprint density at radius 2 is 2.25 bits per heavy atom. The van der Waals surface area contributed by atoms with Gasteiger partial charge in [-0.05, 0) is 24.5 Å². The van der Waals surface area contributed by atoms with Gasteiger partial charge in [0.1, 0.15) is 5.75 Å². The quantitative estimate of drug-likeness (QED) is 0.732. The van der Waals surface area contributed by atoms with Crippen LogP contribution < -0.4 is 0 Å². The molecule has 0 aliphatic rings. The molecule has 64 valence electrons. The van der Waals surface area contributed by atoms with Gasteiger partial charge < -0.3 is 5.11 Å². The molecule has 0 unspecified atom stereocenters. The first kappa shape index (κ1) is 9.84. The van der Waals surface area contributed by atoms with E-state index in [0.29, 0.717) is 14.8 Å². The second-order valence-electron chi connectivity index (χ2n) is 2.15. The van der Waals surface area contributed by atoms with E-state index >= 15 is 0 Å². The standard InChI is InChI=1S/C8H7ClOS2/c1-12-8(11)6-4-5(9)2-3-7(6)10/h2-4,10H,1H3. The predicted octanol–water partition coefficient (Wildman–Crippen LogP) is 3.08. The topological polar surface area (TPSA) is 20.2 Å². The van der Waals surface area contributed by atoms with Crippen molar-refractivity contribution in [1.82, 2.24) is 0 Å². The van der Waals surface area contributed by atoms with E-state index in [2.05, 4.69) is 0 Å². The highest BCUT2D eigenvalue weighted by Gasteiger charge is 2.05. The molecule has 0 aliphatic heterocycles. The number of hydrogen-bond acceptors (Lipinski definition) is 3. The molecule has 0 heterocycles. The van der Waals surface area contributed by atoms with Gasteiger partial charge in [-0.3, -0.25) is 0 Å². The molecule has 0 fully saturated rings. The third kappa shape index (κ3) is 2.12. The van der Waals surface area contributed by atoms with Crippen molar-refractivity contribution in [2.24, 2.45) is 0 Å². The summed E-state index contributed by atoms with van der Waals surface area (Å²) in [5, 5.41) is 9.96. The number of phenolic OH excluding ortho intramolecular Hbond substituents is 1. The van der Waals surface area contributed by atoms with Crippen molar-refractivity contribution in [2.45, 2.75) is 0 Å². The third-order valence-corrected chi connectivity index (χ3v) is 2.91. The summed E-state index contributed by atoms with van der Waals surface area (Å²) in [7, 11) is 0. The van der Waals surface area contributed by atoms with E-state index in [1.165, 1.54) is 11.8 Å². The molecule has 0 amide bonds. The van der Waals surface area contributed by atoms with E-state index in [1.807, 2.05) is 6.26 Å². The van der Waals surface area contributed by atoms with Crippen LogP contribution in [0.15, 0.2) is 18.2 Å². The van der Waals surface area contributed by atoms with Gasteiger partial charge in [-0.25, -0.2) is 0 Å². The zero-order valence-corrected chi connectivity index (χ0v) is 8.76. The lowest BCUT2D eigenvalue weighted by Gasteiger charge is -2.03. The summed E-state index contributed by atoms with van der Waals surface area (Å²) >= 11 is 12.2. The molecule has 0 aromatic heterocycles. The number of hydrogen-bond donors (Lipinski definition) is 1. The molecule has 0 saturated carbocycles. The monoisotopic (exact) mass is 218 g/mol. The lowest BCUT2D eigenvalue weighted by atomic mass is 10.2. The first-order valence-electron chi connectivity index (χ1n) is 3.22. The van der Waals surface area contributed by atoms with Crippen LogP contribution in [0.2, 0.25) is 5.02 Å². The van der Waals surface area contributed by atoms with Crippen molar-refractivity contribution < 1.29 is 5.11 Å². The van der Waals surface area contributed by atoms with E-state index in [9.17, 15) is 5.11 Å². The highest BCUT2D eigenvalue weighted by Crippen LogP contribution is 2.25. The van der Waals surface area contributed by atoms with Crippen molar-refractivity contribution in [3.05, 3.63) is 28.8 Å². The molecule has 1 N–H and O–H groups in total. The molecular weight excluding hydrogens is 212 g/mol. The minimum atomic E-state index is 0.179. The number of phenols is 1. The van der Waals surface area contributed by atoms with E-state index in [4.69, 9.17) is 23.8 Å². The SMILES string of the molecule is CSC(=S)c1cc(Cl)ccc1O. The van der Waals surface area contributed by atoms with Crippen LogP contribution in [0.1, 0.15) is 5.56 Å².